The number of amides is 3. The van der Waals surface area contributed by atoms with Crippen molar-refractivity contribution in [3.05, 3.63) is 35.4 Å². The molecule has 31 heavy (non-hydrogen) atoms. The Morgan fingerprint density at radius 3 is 2.65 bits per heavy atom. The lowest BCUT2D eigenvalue weighted by Crippen LogP contribution is -2.46. The first-order valence-electron chi connectivity index (χ1n) is 11.7. The summed E-state index contributed by atoms with van der Waals surface area (Å²) < 4.78 is 0. The van der Waals surface area contributed by atoms with Crippen LogP contribution in [0.3, 0.4) is 0 Å². The normalized spacial score (nSPS) is 19.5. The Morgan fingerprint density at radius 2 is 1.90 bits per heavy atom. The monoisotopic (exact) mass is 428 g/mol. The van der Waals surface area contributed by atoms with E-state index in [0.717, 1.165) is 62.9 Å². The predicted molar refractivity (Wildman–Crippen MR) is 120 cm³/mol. The van der Waals surface area contributed by atoms with Gasteiger partial charge < -0.3 is 15.5 Å². The second-order valence-electron chi connectivity index (χ2n) is 8.68. The van der Waals surface area contributed by atoms with Gasteiger partial charge in [-0.05, 0) is 43.4 Å². The summed E-state index contributed by atoms with van der Waals surface area (Å²) in [5.74, 6) is 0.261. The van der Waals surface area contributed by atoms with Gasteiger partial charge in [0.15, 0.2) is 0 Å². The van der Waals surface area contributed by atoms with Gasteiger partial charge in [-0.3, -0.25) is 19.3 Å². The first-order valence-corrected chi connectivity index (χ1v) is 11.7. The number of benzene rings is 1. The minimum absolute atomic E-state index is 0.0286. The third-order valence-electron chi connectivity index (χ3n) is 6.20. The number of unbranched alkanes of at least 4 members (excludes halogenated alkanes) is 1. The van der Waals surface area contributed by atoms with Crippen LogP contribution in [0.5, 0.6) is 0 Å². The van der Waals surface area contributed by atoms with Gasteiger partial charge in [-0.15, -0.1) is 0 Å². The van der Waals surface area contributed by atoms with E-state index >= 15 is 0 Å². The van der Waals surface area contributed by atoms with Crippen LogP contribution in [-0.2, 0) is 27.5 Å². The van der Waals surface area contributed by atoms with Crippen molar-refractivity contribution in [2.24, 2.45) is 5.92 Å². The molecule has 2 aliphatic rings. The number of hydrogen-bond acceptors (Lipinski definition) is 4. The van der Waals surface area contributed by atoms with E-state index in [1.54, 1.807) is 0 Å². The van der Waals surface area contributed by atoms with Gasteiger partial charge in [0.2, 0.25) is 17.7 Å². The largest absolute Gasteiger partial charge is 0.356 e. The van der Waals surface area contributed by atoms with E-state index in [9.17, 15) is 14.4 Å². The highest BCUT2D eigenvalue weighted by atomic mass is 16.2. The molecule has 7 nitrogen and oxygen atoms in total. The number of likely N-dealkylation sites (tertiary alicyclic amines) is 2. The van der Waals surface area contributed by atoms with E-state index < -0.39 is 0 Å². The van der Waals surface area contributed by atoms with E-state index in [2.05, 4.69) is 22.5 Å². The van der Waals surface area contributed by atoms with Gasteiger partial charge in [-0.25, -0.2) is 0 Å². The Morgan fingerprint density at radius 1 is 1.10 bits per heavy atom. The Bertz CT molecular complexity index is 767. The molecule has 1 unspecified atom stereocenters. The molecular formula is C24H36N4O3. The fraction of sp³-hybridized carbons (Fsp3) is 0.625. The number of rotatable bonds is 10. The molecule has 3 amide bonds. The second-order valence-corrected chi connectivity index (χ2v) is 8.68. The predicted octanol–water partition coefficient (Wildman–Crippen LogP) is 2.05. The van der Waals surface area contributed by atoms with E-state index in [1.165, 1.54) is 0 Å². The van der Waals surface area contributed by atoms with Gasteiger partial charge >= 0.3 is 0 Å². The van der Waals surface area contributed by atoms with Crippen molar-refractivity contribution < 1.29 is 14.4 Å². The lowest BCUT2D eigenvalue weighted by Gasteiger charge is -2.31. The van der Waals surface area contributed by atoms with Crippen molar-refractivity contribution >= 4 is 17.7 Å². The Hall–Kier alpha value is -2.41. The van der Waals surface area contributed by atoms with Crippen LogP contribution in [0.25, 0.3) is 0 Å². The molecule has 0 aliphatic carbocycles. The summed E-state index contributed by atoms with van der Waals surface area (Å²) in [4.78, 5) is 40.8. The quantitative estimate of drug-likeness (QED) is 0.559. The smallest absolute Gasteiger partial charge is 0.234 e. The first kappa shape index (κ1) is 23.3. The van der Waals surface area contributed by atoms with Gasteiger partial charge in [0, 0.05) is 39.1 Å². The Balaban J connectivity index is 1.46. The SMILES string of the molecule is CCCCNC(=O)C1CCCN(CC(=O)NCc2ccccc2CN2CCCC2=O)C1. The van der Waals surface area contributed by atoms with E-state index in [1.807, 2.05) is 29.2 Å². The summed E-state index contributed by atoms with van der Waals surface area (Å²) >= 11 is 0. The molecular weight excluding hydrogens is 392 g/mol. The number of nitrogens with one attached hydrogen (secondary N) is 2. The molecule has 2 fully saturated rings. The van der Waals surface area contributed by atoms with Crippen molar-refractivity contribution in [3.8, 4) is 0 Å². The summed E-state index contributed by atoms with van der Waals surface area (Å²) in [5, 5.41) is 6.04. The maximum atomic E-state index is 12.6. The molecule has 2 aliphatic heterocycles. The van der Waals surface area contributed by atoms with Gasteiger partial charge in [0.25, 0.3) is 0 Å². The third-order valence-corrected chi connectivity index (χ3v) is 6.20. The molecule has 7 heteroatoms. The van der Waals surface area contributed by atoms with Crippen LogP contribution in [0.2, 0.25) is 0 Å². The van der Waals surface area contributed by atoms with Gasteiger partial charge in [-0.1, -0.05) is 37.6 Å². The van der Waals surface area contributed by atoms with Gasteiger partial charge in [0.1, 0.15) is 0 Å². The number of hydrogen-bond donors (Lipinski definition) is 2. The number of nitrogens with zero attached hydrogens (tertiary/aromatic N) is 2. The molecule has 0 saturated carbocycles. The van der Waals surface area contributed by atoms with Crippen LogP contribution in [-0.4, -0.2) is 60.2 Å². The van der Waals surface area contributed by atoms with Crippen molar-refractivity contribution in [2.75, 3.05) is 32.7 Å². The minimum Gasteiger partial charge on any atom is -0.356 e. The highest BCUT2D eigenvalue weighted by Gasteiger charge is 2.26. The summed E-state index contributed by atoms with van der Waals surface area (Å²) in [6.07, 6.45) is 5.44. The molecule has 0 aromatic heterocycles. The molecule has 0 bridgehead atoms. The standard InChI is InChI=1S/C24H36N4O3/c1-2-3-12-25-24(31)21-10-6-13-27(16-21)18-22(29)26-15-19-8-4-5-9-20(19)17-28-14-7-11-23(28)30/h4-5,8-9,21H,2-3,6-7,10-18H2,1H3,(H,25,31)(H,26,29). The molecule has 0 radical (unpaired) electrons. The highest BCUT2D eigenvalue weighted by Crippen LogP contribution is 2.18. The van der Waals surface area contributed by atoms with Crippen LogP contribution in [0, 0.1) is 5.92 Å². The zero-order valence-corrected chi connectivity index (χ0v) is 18.7. The molecule has 2 N–H and O–H groups in total. The van der Waals surface area contributed by atoms with Crippen molar-refractivity contribution in [1.82, 2.24) is 20.4 Å². The average Bonchev–Trinajstić information content (AvgIpc) is 3.18. The number of carbonyl (C=O) groups excluding carboxylic acids is 3. The fourth-order valence-corrected chi connectivity index (χ4v) is 4.36. The topological polar surface area (TPSA) is 81.8 Å². The van der Waals surface area contributed by atoms with Gasteiger partial charge in [-0.2, -0.15) is 0 Å². The summed E-state index contributed by atoms with van der Waals surface area (Å²) in [6, 6.07) is 7.97. The Labute approximate surface area is 185 Å². The van der Waals surface area contributed by atoms with Crippen molar-refractivity contribution in [2.45, 2.75) is 58.5 Å². The van der Waals surface area contributed by atoms with Crippen LogP contribution in [0.1, 0.15) is 56.6 Å². The summed E-state index contributed by atoms with van der Waals surface area (Å²) in [6.45, 7) is 6.50. The van der Waals surface area contributed by atoms with Crippen LogP contribution in [0.15, 0.2) is 24.3 Å². The van der Waals surface area contributed by atoms with E-state index in [4.69, 9.17) is 0 Å². The maximum absolute atomic E-state index is 12.6. The highest BCUT2D eigenvalue weighted by molar-refractivity contribution is 5.80. The van der Waals surface area contributed by atoms with Crippen molar-refractivity contribution in [1.29, 1.82) is 0 Å². The molecule has 1 aromatic carbocycles. The molecule has 0 spiro atoms. The molecule has 3 rings (SSSR count). The minimum atomic E-state index is -0.0304. The lowest BCUT2D eigenvalue weighted by molar-refractivity contribution is -0.129. The van der Waals surface area contributed by atoms with Gasteiger partial charge in [0.05, 0.1) is 12.5 Å². The van der Waals surface area contributed by atoms with E-state index in [0.29, 0.717) is 32.6 Å². The number of carbonyl (C=O) groups is 3. The zero-order chi connectivity index (χ0) is 22.1. The average molecular weight is 429 g/mol. The first-order chi connectivity index (χ1) is 15.1. The lowest BCUT2D eigenvalue weighted by atomic mass is 9.97. The molecule has 1 aromatic rings. The number of piperidine rings is 1. The van der Waals surface area contributed by atoms with Crippen molar-refractivity contribution in [3.63, 3.8) is 0 Å². The van der Waals surface area contributed by atoms with Crippen LogP contribution < -0.4 is 10.6 Å². The van der Waals surface area contributed by atoms with E-state index in [-0.39, 0.29) is 23.6 Å². The fourth-order valence-electron chi connectivity index (χ4n) is 4.36. The molecule has 2 heterocycles. The molecule has 170 valence electrons. The maximum Gasteiger partial charge on any atom is 0.234 e. The van der Waals surface area contributed by atoms with Crippen LogP contribution in [0.4, 0.5) is 0 Å². The zero-order valence-electron chi connectivity index (χ0n) is 18.7. The Kier molecular flexibility index (Phi) is 8.88. The third kappa shape index (κ3) is 7.06. The molecule has 1 atom stereocenters. The van der Waals surface area contributed by atoms with Crippen LogP contribution >= 0.6 is 0 Å². The summed E-state index contributed by atoms with van der Waals surface area (Å²) in [7, 11) is 0. The second kappa shape index (κ2) is 11.8. The molecule has 2 saturated heterocycles. The summed E-state index contributed by atoms with van der Waals surface area (Å²) in [5.41, 5.74) is 2.13.